The highest BCUT2D eigenvalue weighted by Crippen LogP contribution is 2.44. The Balaban J connectivity index is 1.90. The number of ether oxygens (including phenoxy) is 1. The van der Waals surface area contributed by atoms with Crippen LogP contribution in [0.1, 0.15) is 78.2 Å². The summed E-state index contributed by atoms with van der Waals surface area (Å²) < 4.78 is 5.43. The maximum absolute atomic E-state index is 13.3. The van der Waals surface area contributed by atoms with Crippen molar-refractivity contribution in [3.63, 3.8) is 0 Å². The van der Waals surface area contributed by atoms with Crippen LogP contribution in [-0.4, -0.2) is 22.7 Å². The Morgan fingerprint density at radius 2 is 1.90 bits per heavy atom. The molecule has 0 bridgehead atoms. The lowest BCUT2D eigenvalue weighted by molar-refractivity contribution is -0.112. The molecule has 30 heavy (non-hydrogen) atoms. The number of hydrogen-bond acceptors (Lipinski definition) is 4. The van der Waals surface area contributed by atoms with E-state index in [1.165, 1.54) is 19.3 Å². The first kappa shape index (κ1) is 22.7. The van der Waals surface area contributed by atoms with Crippen molar-refractivity contribution in [1.82, 2.24) is 0 Å². The topological polar surface area (TPSA) is 66.8 Å². The molecule has 1 aliphatic carbocycles. The normalized spacial score (nSPS) is 23.4. The molecule has 1 fully saturated rings. The van der Waals surface area contributed by atoms with Gasteiger partial charge in [-0.1, -0.05) is 43.9 Å². The first-order chi connectivity index (χ1) is 14.1. The number of unbranched alkanes of at least 4 members (excludes halogenated alkanes) is 1. The molecule has 3 rings (SSSR count). The van der Waals surface area contributed by atoms with Crippen molar-refractivity contribution in [3.05, 3.63) is 34.5 Å². The van der Waals surface area contributed by atoms with Crippen molar-refractivity contribution in [2.24, 2.45) is 11.8 Å². The largest absolute Gasteiger partial charge is 0.511 e. The highest BCUT2D eigenvalue weighted by atomic mass is 35.5. The van der Waals surface area contributed by atoms with Gasteiger partial charge in [-0.2, -0.15) is 0 Å². The number of nitrogens with zero attached hydrogens (tertiary/aromatic N) is 1. The Bertz CT molecular complexity index is 847. The van der Waals surface area contributed by atoms with Crippen molar-refractivity contribution in [3.8, 4) is 0 Å². The van der Waals surface area contributed by atoms with Gasteiger partial charge in [-0.25, -0.2) is 9.69 Å². The quantitative estimate of drug-likeness (QED) is 0.414. The second-order valence-electron chi connectivity index (χ2n) is 9.40. The molecule has 5 nitrogen and oxygen atoms in total. The van der Waals surface area contributed by atoms with E-state index in [0.29, 0.717) is 22.2 Å². The van der Waals surface area contributed by atoms with Gasteiger partial charge < -0.3 is 9.84 Å². The molecule has 2 aliphatic rings. The Labute approximate surface area is 184 Å². The zero-order valence-corrected chi connectivity index (χ0v) is 19.1. The minimum absolute atomic E-state index is 0.0658. The molecule has 1 aromatic carbocycles. The van der Waals surface area contributed by atoms with Crippen LogP contribution in [0.2, 0.25) is 5.02 Å². The van der Waals surface area contributed by atoms with Crippen molar-refractivity contribution in [2.45, 2.75) is 78.2 Å². The van der Waals surface area contributed by atoms with Gasteiger partial charge in [0.2, 0.25) is 0 Å². The lowest BCUT2D eigenvalue weighted by Gasteiger charge is -2.28. The fraction of sp³-hybridized carbons (Fsp3) is 0.583. The number of carbonyl (C=O) groups excluding carboxylic acids is 2. The van der Waals surface area contributed by atoms with Gasteiger partial charge in [-0.15, -0.1) is 0 Å². The summed E-state index contributed by atoms with van der Waals surface area (Å²) >= 11 is 6.14. The molecule has 0 atom stereocenters. The van der Waals surface area contributed by atoms with E-state index >= 15 is 0 Å². The number of benzene rings is 1. The van der Waals surface area contributed by atoms with E-state index in [2.05, 4.69) is 6.92 Å². The number of amides is 2. The van der Waals surface area contributed by atoms with Crippen molar-refractivity contribution in [2.75, 3.05) is 4.90 Å². The summed E-state index contributed by atoms with van der Waals surface area (Å²) in [4.78, 5) is 27.0. The Hall–Kier alpha value is -2.01. The predicted octanol–water partition coefficient (Wildman–Crippen LogP) is 6.89. The smallest absolute Gasteiger partial charge is 0.422 e. The molecular formula is C24H32ClNO4. The molecule has 1 saturated carbocycles. The average Bonchev–Trinajstić information content (AvgIpc) is 2.96. The van der Waals surface area contributed by atoms with E-state index in [1.54, 1.807) is 39.0 Å². The maximum Gasteiger partial charge on any atom is 0.422 e. The Kier molecular flexibility index (Phi) is 6.81. The number of rotatable bonds is 4. The fourth-order valence-electron chi connectivity index (χ4n) is 4.40. The molecule has 0 aromatic heterocycles. The van der Waals surface area contributed by atoms with Crippen molar-refractivity contribution in [1.29, 1.82) is 0 Å². The minimum atomic E-state index is -0.762. The molecule has 6 heteroatoms. The van der Waals surface area contributed by atoms with E-state index in [9.17, 15) is 14.7 Å². The van der Waals surface area contributed by atoms with Gasteiger partial charge >= 0.3 is 6.09 Å². The number of anilines is 1. The number of hydrogen-bond donors (Lipinski definition) is 1. The molecule has 164 valence electrons. The van der Waals surface area contributed by atoms with Crippen LogP contribution in [0.25, 0.3) is 5.57 Å². The molecule has 1 heterocycles. The van der Waals surface area contributed by atoms with Crippen molar-refractivity contribution >= 4 is 34.9 Å². The summed E-state index contributed by atoms with van der Waals surface area (Å²) in [6.45, 7) is 7.44. The molecule has 0 unspecified atom stereocenters. The number of allylic oxidation sites excluding steroid dienone is 1. The van der Waals surface area contributed by atoms with Crippen molar-refractivity contribution < 1.29 is 19.4 Å². The lowest BCUT2D eigenvalue weighted by Crippen LogP contribution is -2.38. The third kappa shape index (κ3) is 4.83. The number of aliphatic hydroxyl groups is 1. The molecule has 1 N–H and O–H groups in total. The van der Waals surface area contributed by atoms with E-state index in [0.717, 1.165) is 30.6 Å². The van der Waals surface area contributed by atoms with E-state index in [-0.39, 0.29) is 17.3 Å². The summed E-state index contributed by atoms with van der Waals surface area (Å²) in [7, 11) is 0. The number of imide groups is 1. The fourth-order valence-corrected chi connectivity index (χ4v) is 4.56. The van der Waals surface area contributed by atoms with Gasteiger partial charge in [0.15, 0.2) is 0 Å². The Morgan fingerprint density at radius 1 is 1.23 bits per heavy atom. The van der Waals surface area contributed by atoms with Crippen LogP contribution in [-0.2, 0) is 9.53 Å². The van der Waals surface area contributed by atoms with Gasteiger partial charge in [0.25, 0.3) is 5.91 Å². The molecular weight excluding hydrogens is 402 g/mol. The van der Waals surface area contributed by atoms with Crippen LogP contribution in [0.3, 0.4) is 0 Å². The third-order valence-electron chi connectivity index (χ3n) is 5.92. The van der Waals surface area contributed by atoms with Crippen LogP contribution in [0.5, 0.6) is 0 Å². The number of fused-ring (bicyclic) bond motifs is 1. The predicted molar refractivity (Wildman–Crippen MR) is 120 cm³/mol. The lowest BCUT2D eigenvalue weighted by atomic mass is 9.78. The standard InChI is InChI=1S/C24H32ClNO4/c1-5-6-7-15-8-10-16(11-9-15)21(27)20-18-13-12-17(25)14-19(18)26(22(20)28)23(29)30-24(2,3)4/h12-16,27H,5-11H2,1-4H3. The maximum atomic E-state index is 13.3. The van der Waals surface area contributed by atoms with Crippen LogP contribution in [0.15, 0.2) is 24.0 Å². The van der Waals surface area contributed by atoms with Gasteiger partial charge in [-0.3, -0.25) is 4.79 Å². The van der Waals surface area contributed by atoms with Gasteiger partial charge in [0.1, 0.15) is 11.4 Å². The second kappa shape index (κ2) is 9.01. The summed E-state index contributed by atoms with van der Waals surface area (Å²) in [5.74, 6) is 0.169. The zero-order chi connectivity index (χ0) is 22.1. The first-order valence-electron chi connectivity index (χ1n) is 10.9. The molecule has 0 saturated heterocycles. The molecule has 2 amide bonds. The molecule has 1 aliphatic heterocycles. The van der Waals surface area contributed by atoms with Crippen LogP contribution in [0.4, 0.5) is 10.5 Å². The first-order valence-corrected chi connectivity index (χ1v) is 11.3. The molecule has 0 spiro atoms. The van der Waals surface area contributed by atoms with E-state index in [1.807, 2.05) is 0 Å². The van der Waals surface area contributed by atoms with Crippen LogP contribution < -0.4 is 4.90 Å². The third-order valence-corrected chi connectivity index (χ3v) is 6.15. The summed E-state index contributed by atoms with van der Waals surface area (Å²) in [6, 6.07) is 4.93. The van der Waals surface area contributed by atoms with Crippen LogP contribution in [0, 0.1) is 11.8 Å². The molecule has 1 aromatic rings. The Morgan fingerprint density at radius 3 is 2.50 bits per heavy atom. The number of aliphatic hydroxyl groups excluding tert-OH is 1. The number of carbonyl (C=O) groups is 2. The highest BCUT2D eigenvalue weighted by molar-refractivity contribution is 6.40. The summed E-state index contributed by atoms with van der Waals surface area (Å²) in [6.07, 6.45) is 6.72. The average molecular weight is 434 g/mol. The molecule has 0 radical (unpaired) electrons. The highest BCUT2D eigenvalue weighted by Gasteiger charge is 2.42. The van der Waals surface area contributed by atoms with E-state index in [4.69, 9.17) is 16.3 Å². The zero-order valence-electron chi connectivity index (χ0n) is 18.3. The number of halogens is 1. The van der Waals surface area contributed by atoms with Gasteiger partial charge in [0, 0.05) is 16.5 Å². The SMILES string of the molecule is CCCCC1CCC(C(O)=C2C(=O)N(C(=O)OC(C)(C)C)c3cc(Cl)ccc32)CC1. The van der Waals surface area contributed by atoms with E-state index < -0.39 is 17.6 Å². The summed E-state index contributed by atoms with van der Waals surface area (Å²) in [5.41, 5.74) is 0.340. The minimum Gasteiger partial charge on any atom is -0.511 e. The van der Waals surface area contributed by atoms with Gasteiger partial charge in [0.05, 0.1) is 11.3 Å². The monoisotopic (exact) mass is 433 g/mol. The van der Waals surface area contributed by atoms with Crippen LogP contribution >= 0.6 is 11.6 Å². The second-order valence-corrected chi connectivity index (χ2v) is 9.84. The summed E-state index contributed by atoms with van der Waals surface area (Å²) in [5, 5.41) is 11.5. The van der Waals surface area contributed by atoms with Gasteiger partial charge in [-0.05, 0) is 64.5 Å².